The second-order valence-corrected chi connectivity index (χ2v) is 6.58. The van der Waals surface area contributed by atoms with E-state index in [9.17, 15) is 14.4 Å². The number of nitrogens with one attached hydrogen (secondary N) is 1. The molecule has 2 amide bonds. The minimum Gasteiger partial charge on any atom is -0.459 e. The lowest BCUT2D eigenvalue weighted by molar-refractivity contribution is 0.0395. The predicted molar refractivity (Wildman–Crippen MR) is 97.5 cm³/mol. The quantitative estimate of drug-likeness (QED) is 0.741. The van der Waals surface area contributed by atoms with E-state index in [0.717, 1.165) is 0 Å². The number of H-pyrrole nitrogens is 1. The SMILES string of the molecule is C[C@@H]1CN(C(=O)c2ccc3c(=O)[nH]ncc3c2)CCN1C(=O)c1ccco1. The molecule has 0 saturated carbocycles. The fourth-order valence-electron chi connectivity index (χ4n) is 3.40. The Morgan fingerprint density at radius 3 is 2.81 bits per heavy atom. The van der Waals surface area contributed by atoms with Gasteiger partial charge in [0.2, 0.25) is 0 Å². The van der Waals surface area contributed by atoms with Gasteiger partial charge in [-0.25, -0.2) is 5.10 Å². The van der Waals surface area contributed by atoms with Crippen LogP contribution in [0.1, 0.15) is 27.8 Å². The molecule has 27 heavy (non-hydrogen) atoms. The molecule has 1 aliphatic rings. The van der Waals surface area contributed by atoms with Crippen LogP contribution in [-0.4, -0.2) is 57.5 Å². The van der Waals surface area contributed by atoms with Crippen molar-refractivity contribution < 1.29 is 14.0 Å². The molecule has 8 heteroatoms. The van der Waals surface area contributed by atoms with Crippen LogP contribution in [0.15, 0.2) is 52.0 Å². The molecule has 1 atom stereocenters. The first kappa shape index (κ1) is 17.0. The van der Waals surface area contributed by atoms with E-state index in [4.69, 9.17) is 4.42 Å². The number of aromatic nitrogens is 2. The molecular weight excluding hydrogens is 348 g/mol. The summed E-state index contributed by atoms with van der Waals surface area (Å²) >= 11 is 0. The number of nitrogens with zero attached hydrogens (tertiary/aromatic N) is 3. The Hall–Kier alpha value is -3.42. The highest BCUT2D eigenvalue weighted by molar-refractivity contribution is 5.98. The van der Waals surface area contributed by atoms with Crippen LogP contribution in [0, 0.1) is 0 Å². The van der Waals surface area contributed by atoms with Gasteiger partial charge in [-0.2, -0.15) is 5.10 Å². The monoisotopic (exact) mass is 366 g/mol. The third-order valence-corrected chi connectivity index (χ3v) is 4.82. The van der Waals surface area contributed by atoms with E-state index in [-0.39, 0.29) is 23.4 Å². The average Bonchev–Trinajstić information content (AvgIpc) is 3.21. The van der Waals surface area contributed by atoms with Gasteiger partial charge in [0.1, 0.15) is 0 Å². The number of amides is 2. The lowest BCUT2D eigenvalue weighted by Gasteiger charge is -2.39. The largest absolute Gasteiger partial charge is 0.459 e. The van der Waals surface area contributed by atoms with Crippen LogP contribution in [0.25, 0.3) is 10.8 Å². The number of hydrogen-bond donors (Lipinski definition) is 1. The molecule has 8 nitrogen and oxygen atoms in total. The van der Waals surface area contributed by atoms with E-state index < -0.39 is 0 Å². The molecule has 0 bridgehead atoms. The van der Waals surface area contributed by atoms with Gasteiger partial charge in [-0.3, -0.25) is 14.4 Å². The van der Waals surface area contributed by atoms with Gasteiger partial charge < -0.3 is 14.2 Å². The van der Waals surface area contributed by atoms with Crippen molar-refractivity contribution in [1.82, 2.24) is 20.0 Å². The maximum Gasteiger partial charge on any atom is 0.289 e. The Kier molecular flexibility index (Phi) is 4.23. The van der Waals surface area contributed by atoms with Crippen molar-refractivity contribution in [1.29, 1.82) is 0 Å². The molecule has 3 heterocycles. The standard InChI is InChI=1S/C19H18N4O4/c1-12-11-22(6-7-23(12)19(26)16-3-2-8-27-16)18(25)13-4-5-15-14(9-13)10-20-21-17(15)24/h2-5,8-10,12H,6-7,11H2,1H3,(H,21,24)/t12-/m1/s1. The average molecular weight is 366 g/mol. The fourth-order valence-corrected chi connectivity index (χ4v) is 3.40. The summed E-state index contributed by atoms with van der Waals surface area (Å²) in [6, 6.07) is 8.12. The molecule has 1 N–H and O–H groups in total. The molecule has 1 aliphatic heterocycles. The molecule has 138 valence electrons. The molecule has 3 aromatic rings. The number of rotatable bonds is 2. The van der Waals surface area contributed by atoms with E-state index in [1.54, 1.807) is 40.1 Å². The van der Waals surface area contributed by atoms with Crippen molar-refractivity contribution in [2.45, 2.75) is 13.0 Å². The summed E-state index contributed by atoms with van der Waals surface area (Å²) in [6.45, 7) is 3.20. The number of hydrogen-bond acceptors (Lipinski definition) is 5. The van der Waals surface area contributed by atoms with Gasteiger partial charge >= 0.3 is 0 Å². The van der Waals surface area contributed by atoms with Crippen molar-refractivity contribution >= 4 is 22.6 Å². The van der Waals surface area contributed by atoms with Gasteiger partial charge in [-0.05, 0) is 37.3 Å². The molecule has 1 aromatic carbocycles. The van der Waals surface area contributed by atoms with Gasteiger partial charge in [0, 0.05) is 36.6 Å². The number of furan rings is 1. The van der Waals surface area contributed by atoms with Crippen molar-refractivity contribution in [2.24, 2.45) is 0 Å². The summed E-state index contributed by atoms with van der Waals surface area (Å²) in [6.07, 6.45) is 2.99. The first-order chi connectivity index (χ1) is 13.0. The highest BCUT2D eigenvalue weighted by Gasteiger charge is 2.31. The summed E-state index contributed by atoms with van der Waals surface area (Å²) in [7, 11) is 0. The number of aromatic amines is 1. The maximum absolute atomic E-state index is 12.9. The van der Waals surface area contributed by atoms with Crippen molar-refractivity contribution in [3.8, 4) is 0 Å². The zero-order valence-electron chi connectivity index (χ0n) is 14.7. The summed E-state index contributed by atoms with van der Waals surface area (Å²) in [5, 5.41) is 7.25. The Morgan fingerprint density at radius 2 is 2.07 bits per heavy atom. The van der Waals surface area contributed by atoms with Crippen molar-refractivity contribution in [3.05, 3.63) is 64.5 Å². The number of piperazine rings is 1. The topological polar surface area (TPSA) is 99.5 Å². The van der Waals surface area contributed by atoms with Crippen LogP contribution in [-0.2, 0) is 0 Å². The normalized spacial score (nSPS) is 17.3. The van der Waals surface area contributed by atoms with Crippen molar-refractivity contribution in [2.75, 3.05) is 19.6 Å². The fraction of sp³-hybridized carbons (Fsp3) is 0.263. The molecule has 0 radical (unpaired) electrons. The van der Waals surface area contributed by atoms with E-state index >= 15 is 0 Å². The van der Waals surface area contributed by atoms with Crippen LogP contribution in [0.4, 0.5) is 0 Å². The molecule has 1 saturated heterocycles. The van der Waals surface area contributed by atoms with Gasteiger partial charge in [0.15, 0.2) is 5.76 Å². The summed E-state index contributed by atoms with van der Waals surface area (Å²) in [5.74, 6) is -0.00129. The van der Waals surface area contributed by atoms with Gasteiger partial charge in [-0.15, -0.1) is 0 Å². The summed E-state index contributed by atoms with van der Waals surface area (Å²) in [4.78, 5) is 40.5. The first-order valence-electron chi connectivity index (χ1n) is 8.66. The Bertz CT molecular complexity index is 1060. The maximum atomic E-state index is 12.9. The minimum absolute atomic E-state index is 0.130. The second-order valence-electron chi connectivity index (χ2n) is 6.58. The molecule has 2 aromatic heterocycles. The van der Waals surface area contributed by atoms with Crippen LogP contribution in [0.2, 0.25) is 0 Å². The number of carbonyl (C=O) groups excluding carboxylic acids is 2. The van der Waals surface area contributed by atoms with Gasteiger partial charge in [-0.1, -0.05) is 0 Å². The zero-order chi connectivity index (χ0) is 19.0. The number of fused-ring (bicyclic) bond motifs is 1. The highest BCUT2D eigenvalue weighted by atomic mass is 16.3. The zero-order valence-corrected chi connectivity index (χ0v) is 14.7. The van der Waals surface area contributed by atoms with Crippen LogP contribution in [0.5, 0.6) is 0 Å². The molecule has 1 fully saturated rings. The Morgan fingerprint density at radius 1 is 1.22 bits per heavy atom. The van der Waals surface area contributed by atoms with Crippen LogP contribution >= 0.6 is 0 Å². The smallest absolute Gasteiger partial charge is 0.289 e. The second kappa shape index (κ2) is 6.71. The Balaban J connectivity index is 1.51. The molecule has 0 aliphatic carbocycles. The highest BCUT2D eigenvalue weighted by Crippen LogP contribution is 2.18. The van der Waals surface area contributed by atoms with Crippen molar-refractivity contribution in [3.63, 3.8) is 0 Å². The van der Waals surface area contributed by atoms with E-state index in [1.807, 2.05) is 6.92 Å². The van der Waals surface area contributed by atoms with Gasteiger partial charge in [0.25, 0.3) is 17.4 Å². The van der Waals surface area contributed by atoms with Crippen LogP contribution in [0.3, 0.4) is 0 Å². The first-order valence-corrected chi connectivity index (χ1v) is 8.66. The Labute approximate surface area is 154 Å². The van der Waals surface area contributed by atoms with Gasteiger partial charge in [0.05, 0.1) is 17.8 Å². The van der Waals surface area contributed by atoms with E-state index in [2.05, 4.69) is 10.2 Å². The lowest BCUT2D eigenvalue weighted by atomic mass is 10.1. The number of carbonyl (C=O) groups is 2. The lowest BCUT2D eigenvalue weighted by Crippen LogP contribution is -2.55. The molecule has 0 unspecified atom stereocenters. The molecular formula is C19H18N4O4. The minimum atomic E-state index is -0.287. The third-order valence-electron chi connectivity index (χ3n) is 4.82. The van der Waals surface area contributed by atoms with Crippen LogP contribution < -0.4 is 5.56 Å². The summed E-state index contributed by atoms with van der Waals surface area (Å²) in [5.41, 5.74) is 0.207. The molecule has 0 spiro atoms. The van der Waals surface area contributed by atoms with E-state index in [0.29, 0.717) is 41.7 Å². The van der Waals surface area contributed by atoms with E-state index in [1.165, 1.54) is 12.5 Å². The molecule has 4 rings (SSSR count). The summed E-state index contributed by atoms with van der Waals surface area (Å²) < 4.78 is 5.19. The number of benzene rings is 1. The third kappa shape index (κ3) is 3.10. The predicted octanol–water partition coefficient (Wildman–Crippen LogP) is 1.50.